The SMILES string of the molecule is C[S+]1CCCCCC[S+](C)Cc2ccc(cc2)C1. The lowest BCUT2D eigenvalue weighted by atomic mass is 10.2. The van der Waals surface area contributed by atoms with Crippen molar-refractivity contribution in [1.29, 1.82) is 0 Å². The summed E-state index contributed by atoms with van der Waals surface area (Å²) in [4.78, 5) is 0. The Morgan fingerprint density at radius 3 is 1.44 bits per heavy atom. The molecule has 2 aliphatic heterocycles. The number of fused-ring (bicyclic) bond motifs is 11. The largest absolute Gasteiger partial charge is 0.132 e. The summed E-state index contributed by atoms with van der Waals surface area (Å²) >= 11 is 0. The van der Waals surface area contributed by atoms with Crippen molar-refractivity contribution in [2.75, 3.05) is 24.0 Å². The van der Waals surface area contributed by atoms with Gasteiger partial charge in [-0.3, -0.25) is 0 Å². The normalized spacial score (nSPS) is 26.8. The minimum Gasteiger partial charge on any atom is -0.0539 e. The van der Waals surface area contributed by atoms with Crippen molar-refractivity contribution >= 4 is 21.8 Å². The van der Waals surface area contributed by atoms with Gasteiger partial charge in [-0.2, -0.15) is 0 Å². The van der Waals surface area contributed by atoms with E-state index in [4.69, 9.17) is 0 Å². The predicted molar refractivity (Wildman–Crippen MR) is 88.6 cm³/mol. The van der Waals surface area contributed by atoms with E-state index in [-0.39, 0.29) is 0 Å². The molecule has 0 nitrogen and oxygen atoms in total. The zero-order chi connectivity index (χ0) is 12.8. The molecule has 1 aromatic carbocycles. The van der Waals surface area contributed by atoms with Gasteiger partial charge in [-0.15, -0.1) is 0 Å². The van der Waals surface area contributed by atoms with E-state index in [9.17, 15) is 0 Å². The quantitative estimate of drug-likeness (QED) is 0.636. The van der Waals surface area contributed by atoms with Crippen LogP contribution in [-0.2, 0) is 33.3 Å². The summed E-state index contributed by atoms with van der Waals surface area (Å²) < 4.78 is 0. The van der Waals surface area contributed by atoms with Gasteiger partial charge in [0.1, 0.15) is 23.0 Å². The second-order valence-corrected chi connectivity index (χ2v) is 10.0. The van der Waals surface area contributed by atoms with Gasteiger partial charge in [-0.25, -0.2) is 0 Å². The Labute approximate surface area is 118 Å². The minimum atomic E-state index is 0.580. The van der Waals surface area contributed by atoms with Crippen LogP contribution in [0.25, 0.3) is 0 Å². The third-order valence-corrected chi connectivity index (χ3v) is 7.21. The van der Waals surface area contributed by atoms with Gasteiger partial charge in [-0.1, -0.05) is 24.3 Å². The topological polar surface area (TPSA) is 0 Å². The average Bonchev–Trinajstić information content (AvgIpc) is 2.35. The van der Waals surface area contributed by atoms with E-state index >= 15 is 0 Å². The van der Waals surface area contributed by atoms with Crippen LogP contribution < -0.4 is 0 Å². The smallest absolute Gasteiger partial charge is 0.0539 e. The molecule has 3 rings (SSSR count). The van der Waals surface area contributed by atoms with Gasteiger partial charge >= 0.3 is 0 Å². The molecule has 0 spiro atoms. The van der Waals surface area contributed by atoms with Crippen molar-refractivity contribution < 1.29 is 0 Å². The second kappa shape index (κ2) is 7.49. The van der Waals surface area contributed by atoms with E-state index in [1.165, 1.54) is 59.8 Å². The molecule has 0 saturated heterocycles. The van der Waals surface area contributed by atoms with Gasteiger partial charge in [0.15, 0.2) is 0 Å². The third kappa shape index (κ3) is 4.89. The fraction of sp³-hybridized carbons (Fsp3) is 0.625. The van der Waals surface area contributed by atoms with Crippen LogP contribution in [0.5, 0.6) is 0 Å². The lowest BCUT2D eigenvalue weighted by Crippen LogP contribution is -2.11. The van der Waals surface area contributed by atoms with E-state index in [0.29, 0.717) is 21.8 Å². The summed E-state index contributed by atoms with van der Waals surface area (Å²) in [6.07, 6.45) is 10.6. The second-order valence-electron chi connectivity index (χ2n) is 5.49. The van der Waals surface area contributed by atoms with Crippen LogP contribution in [-0.4, -0.2) is 24.0 Å². The summed E-state index contributed by atoms with van der Waals surface area (Å²) in [7, 11) is 1.16. The molecule has 2 heteroatoms. The monoisotopic (exact) mass is 282 g/mol. The fourth-order valence-electron chi connectivity index (χ4n) is 2.50. The molecule has 0 radical (unpaired) electrons. The molecule has 0 amide bonds. The summed E-state index contributed by atoms with van der Waals surface area (Å²) in [5.74, 6) is 5.44. The third-order valence-electron chi connectivity index (χ3n) is 3.58. The predicted octanol–water partition coefficient (Wildman–Crippen LogP) is 3.76. The highest BCUT2D eigenvalue weighted by Gasteiger charge is 2.15. The highest BCUT2D eigenvalue weighted by atomic mass is 32.2. The zero-order valence-electron chi connectivity index (χ0n) is 11.8. The van der Waals surface area contributed by atoms with E-state index in [2.05, 4.69) is 36.8 Å². The molecule has 2 atom stereocenters. The van der Waals surface area contributed by atoms with Gasteiger partial charge in [0.2, 0.25) is 0 Å². The minimum absolute atomic E-state index is 0.580. The first kappa shape index (κ1) is 14.3. The van der Waals surface area contributed by atoms with Gasteiger partial charge in [0.05, 0.1) is 12.5 Å². The number of benzene rings is 1. The first-order chi connectivity index (χ1) is 8.74. The molecule has 1 aromatic rings. The first-order valence-corrected chi connectivity index (χ1v) is 10.9. The molecule has 0 fully saturated rings. The molecule has 0 saturated carbocycles. The zero-order valence-corrected chi connectivity index (χ0v) is 13.4. The molecule has 0 aliphatic carbocycles. The van der Waals surface area contributed by atoms with Crippen LogP contribution in [0.1, 0.15) is 36.8 Å². The fourth-order valence-corrected chi connectivity index (χ4v) is 5.70. The number of hydrogen-bond donors (Lipinski definition) is 0. The molecule has 2 bridgehead atoms. The van der Waals surface area contributed by atoms with Crippen LogP contribution in [0.4, 0.5) is 0 Å². The molecule has 100 valence electrons. The Bertz CT molecular complexity index is 310. The molecule has 0 aromatic heterocycles. The Morgan fingerprint density at radius 2 is 1.06 bits per heavy atom. The van der Waals surface area contributed by atoms with Crippen molar-refractivity contribution in [3.8, 4) is 0 Å². The summed E-state index contributed by atoms with van der Waals surface area (Å²) in [5.41, 5.74) is 3.08. The maximum absolute atomic E-state index is 2.43. The Kier molecular flexibility index (Phi) is 5.97. The molecule has 0 N–H and O–H groups in total. The summed E-state index contributed by atoms with van der Waals surface area (Å²) in [5, 5.41) is 0. The van der Waals surface area contributed by atoms with Crippen molar-refractivity contribution in [3.63, 3.8) is 0 Å². The van der Waals surface area contributed by atoms with Gasteiger partial charge in [-0.05, 0) is 47.5 Å². The van der Waals surface area contributed by atoms with Gasteiger partial charge in [0, 0.05) is 11.1 Å². The standard InChI is InChI=1S/C16H26S2/c1-17-11-5-3-4-6-12-18(2)14-16-9-7-15(13-17)8-10-16/h7-10H,3-6,11-14H2,1-2H3/q+2. The van der Waals surface area contributed by atoms with Crippen LogP contribution in [0.15, 0.2) is 24.3 Å². The molecule has 18 heavy (non-hydrogen) atoms. The van der Waals surface area contributed by atoms with E-state index < -0.39 is 0 Å². The Morgan fingerprint density at radius 1 is 0.667 bits per heavy atom. The lowest BCUT2D eigenvalue weighted by Gasteiger charge is -2.08. The number of rotatable bonds is 0. The maximum atomic E-state index is 2.43. The van der Waals surface area contributed by atoms with Crippen LogP contribution in [0.2, 0.25) is 0 Å². The van der Waals surface area contributed by atoms with E-state index in [1.54, 1.807) is 0 Å². The Balaban J connectivity index is 2.04. The summed E-state index contributed by atoms with van der Waals surface area (Å²) in [6.45, 7) is 0. The molecule has 2 unspecified atom stereocenters. The maximum Gasteiger partial charge on any atom is 0.132 e. The molecule has 2 aliphatic rings. The van der Waals surface area contributed by atoms with Gasteiger partial charge < -0.3 is 0 Å². The lowest BCUT2D eigenvalue weighted by molar-refractivity contribution is 0.709. The highest BCUT2D eigenvalue weighted by molar-refractivity contribution is 7.95. The van der Waals surface area contributed by atoms with Crippen LogP contribution in [0, 0.1) is 0 Å². The molecule has 2 heterocycles. The molecular weight excluding hydrogens is 256 g/mol. The highest BCUT2D eigenvalue weighted by Crippen LogP contribution is 2.15. The Hall–Kier alpha value is -0.0800. The van der Waals surface area contributed by atoms with Crippen LogP contribution >= 0.6 is 0 Å². The molecular formula is C16H26S2+2. The van der Waals surface area contributed by atoms with E-state index in [0.717, 1.165) is 0 Å². The average molecular weight is 283 g/mol. The van der Waals surface area contributed by atoms with Crippen molar-refractivity contribution in [2.45, 2.75) is 37.2 Å². The summed E-state index contributed by atoms with van der Waals surface area (Å²) in [6, 6.07) is 9.45. The number of hydrogen-bond acceptors (Lipinski definition) is 0. The first-order valence-electron chi connectivity index (χ1n) is 7.00. The van der Waals surface area contributed by atoms with Crippen molar-refractivity contribution in [3.05, 3.63) is 35.4 Å². The van der Waals surface area contributed by atoms with Gasteiger partial charge in [0.25, 0.3) is 0 Å². The van der Waals surface area contributed by atoms with Crippen molar-refractivity contribution in [2.24, 2.45) is 0 Å². The van der Waals surface area contributed by atoms with Crippen molar-refractivity contribution in [1.82, 2.24) is 0 Å². The van der Waals surface area contributed by atoms with Crippen LogP contribution in [0.3, 0.4) is 0 Å². The van der Waals surface area contributed by atoms with E-state index in [1.807, 2.05) is 0 Å².